The van der Waals surface area contributed by atoms with Crippen molar-refractivity contribution < 1.29 is 14.3 Å². The molecule has 4 nitrogen and oxygen atoms in total. The molecule has 94 valence electrons. The summed E-state index contributed by atoms with van der Waals surface area (Å²) in [6, 6.07) is 0. The van der Waals surface area contributed by atoms with Crippen LogP contribution in [0.2, 0.25) is 0 Å². The monoisotopic (exact) mass is 237 g/mol. The number of rotatable bonds is 4. The normalized spacial score (nSPS) is 41.7. The molecule has 0 aromatic rings. The summed E-state index contributed by atoms with van der Waals surface area (Å²) in [7, 11) is 0. The summed E-state index contributed by atoms with van der Waals surface area (Å²) in [5.74, 6) is 0.407. The third-order valence-electron chi connectivity index (χ3n) is 4.62. The molecule has 1 aliphatic heterocycles. The second kappa shape index (κ2) is 4.00. The van der Waals surface area contributed by atoms with E-state index in [2.05, 4.69) is 12.2 Å². The first-order valence-corrected chi connectivity index (χ1v) is 6.70. The van der Waals surface area contributed by atoms with Gasteiger partial charge in [-0.25, -0.2) is 0 Å². The zero-order valence-corrected chi connectivity index (χ0v) is 10.1. The second-order valence-corrected chi connectivity index (χ2v) is 5.57. The smallest absolute Gasteiger partial charge is 0.310 e. The van der Waals surface area contributed by atoms with Crippen LogP contribution >= 0.6 is 0 Å². The number of fused-ring (bicyclic) bond motifs is 1. The molecule has 0 aromatic carbocycles. The van der Waals surface area contributed by atoms with Crippen LogP contribution in [-0.2, 0) is 14.3 Å². The molecule has 3 aliphatic rings. The number of esters is 1. The van der Waals surface area contributed by atoms with Gasteiger partial charge < -0.3 is 10.1 Å². The summed E-state index contributed by atoms with van der Waals surface area (Å²) in [5.41, 5.74) is 0. The van der Waals surface area contributed by atoms with Crippen LogP contribution in [0.15, 0.2) is 0 Å². The Morgan fingerprint density at radius 1 is 1.47 bits per heavy atom. The zero-order chi connectivity index (χ0) is 12.0. The molecule has 4 heteroatoms. The lowest BCUT2D eigenvalue weighted by Gasteiger charge is -2.23. The van der Waals surface area contributed by atoms with Crippen LogP contribution in [0, 0.1) is 23.7 Å². The van der Waals surface area contributed by atoms with Crippen LogP contribution < -0.4 is 5.32 Å². The Hall–Kier alpha value is -1.06. The minimum absolute atomic E-state index is 0.0771. The third kappa shape index (κ3) is 1.57. The summed E-state index contributed by atoms with van der Waals surface area (Å²) in [4.78, 5) is 23.9. The Kier molecular flexibility index (Phi) is 2.60. The van der Waals surface area contributed by atoms with Crippen molar-refractivity contribution in [2.24, 2.45) is 23.7 Å². The molecule has 2 saturated carbocycles. The van der Waals surface area contributed by atoms with Gasteiger partial charge in [-0.3, -0.25) is 9.59 Å². The standard InChI is InChI=1S/C13H19NO3/c1-2-3-4-14-12(15)10-7-5-8-9(6-7)17-13(16)11(8)10/h7-11H,2-6H2,1H3,(H,14,15)/t7-,8-,9+,10-,11-/m0/s1. The SMILES string of the molecule is CCCCNC(=O)[C@H]1[C@H]2C[C@@H]3[C@@H]1C(=O)O[C@@H]3C2. The van der Waals surface area contributed by atoms with Gasteiger partial charge in [-0.1, -0.05) is 13.3 Å². The second-order valence-electron chi connectivity index (χ2n) is 5.57. The lowest BCUT2D eigenvalue weighted by Crippen LogP contribution is -2.40. The molecule has 0 spiro atoms. The molecule has 5 atom stereocenters. The number of unbranched alkanes of at least 4 members (excludes halogenated alkanes) is 1. The molecule has 2 bridgehead atoms. The van der Waals surface area contributed by atoms with Gasteiger partial charge in [-0.05, 0) is 25.2 Å². The maximum Gasteiger partial charge on any atom is 0.310 e. The van der Waals surface area contributed by atoms with Gasteiger partial charge in [0.2, 0.25) is 5.91 Å². The molecular weight excluding hydrogens is 218 g/mol. The number of hydrogen-bond acceptors (Lipinski definition) is 3. The fourth-order valence-electron chi connectivity index (χ4n) is 3.87. The van der Waals surface area contributed by atoms with Crippen molar-refractivity contribution in [3.05, 3.63) is 0 Å². The van der Waals surface area contributed by atoms with Crippen molar-refractivity contribution in [3.8, 4) is 0 Å². The van der Waals surface area contributed by atoms with E-state index in [1.54, 1.807) is 0 Å². The number of carbonyl (C=O) groups excluding carboxylic acids is 2. The van der Waals surface area contributed by atoms with Gasteiger partial charge in [0.25, 0.3) is 0 Å². The highest BCUT2D eigenvalue weighted by Gasteiger charge is 2.63. The number of amides is 1. The van der Waals surface area contributed by atoms with E-state index in [1.807, 2.05) is 0 Å². The number of nitrogens with one attached hydrogen (secondary N) is 1. The molecule has 1 amide bonds. The molecule has 0 aromatic heterocycles. The molecule has 2 aliphatic carbocycles. The van der Waals surface area contributed by atoms with Crippen molar-refractivity contribution >= 4 is 11.9 Å². The minimum Gasteiger partial charge on any atom is -0.462 e. The first-order valence-electron chi connectivity index (χ1n) is 6.70. The van der Waals surface area contributed by atoms with Crippen LogP contribution in [-0.4, -0.2) is 24.5 Å². The molecule has 1 heterocycles. The largest absolute Gasteiger partial charge is 0.462 e. The molecule has 1 saturated heterocycles. The van der Waals surface area contributed by atoms with Gasteiger partial charge in [0, 0.05) is 12.5 Å². The molecule has 1 N–H and O–H groups in total. The predicted molar refractivity (Wildman–Crippen MR) is 61.0 cm³/mol. The first-order chi connectivity index (χ1) is 8.22. The van der Waals surface area contributed by atoms with Gasteiger partial charge in [0.05, 0.1) is 11.8 Å². The van der Waals surface area contributed by atoms with E-state index < -0.39 is 0 Å². The third-order valence-corrected chi connectivity index (χ3v) is 4.62. The lowest BCUT2D eigenvalue weighted by molar-refractivity contribution is -0.146. The maximum atomic E-state index is 12.1. The molecule has 17 heavy (non-hydrogen) atoms. The zero-order valence-electron chi connectivity index (χ0n) is 10.1. The Bertz CT molecular complexity index is 353. The van der Waals surface area contributed by atoms with Crippen LogP contribution in [0.25, 0.3) is 0 Å². The van der Waals surface area contributed by atoms with Gasteiger partial charge >= 0.3 is 5.97 Å². The topological polar surface area (TPSA) is 55.4 Å². The average molecular weight is 237 g/mol. The van der Waals surface area contributed by atoms with Crippen molar-refractivity contribution in [1.82, 2.24) is 5.32 Å². The first kappa shape index (κ1) is 11.1. The quantitative estimate of drug-likeness (QED) is 0.588. The van der Waals surface area contributed by atoms with Gasteiger partial charge in [-0.2, -0.15) is 0 Å². The highest BCUT2D eigenvalue weighted by Crippen LogP contribution is 2.57. The summed E-state index contributed by atoms with van der Waals surface area (Å²) in [6.45, 7) is 2.83. The number of ether oxygens (including phenoxy) is 1. The number of hydrogen-bond donors (Lipinski definition) is 1. The van der Waals surface area contributed by atoms with Crippen LogP contribution in [0.1, 0.15) is 32.6 Å². The van der Waals surface area contributed by atoms with Gasteiger partial charge in [-0.15, -0.1) is 0 Å². The summed E-state index contributed by atoms with van der Waals surface area (Å²) >= 11 is 0. The molecule has 3 fully saturated rings. The fourth-order valence-corrected chi connectivity index (χ4v) is 3.87. The van der Waals surface area contributed by atoms with Crippen molar-refractivity contribution in [2.45, 2.75) is 38.7 Å². The van der Waals surface area contributed by atoms with Gasteiger partial charge in [0.1, 0.15) is 6.10 Å². The molecule has 3 rings (SSSR count). The van der Waals surface area contributed by atoms with E-state index in [4.69, 9.17) is 4.74 Å². The molecule has 0 radical (unpaired) electrons. The predicted octanol–water partition coefficient (Wildman–Crippen LogP) is 1.10. The highest BCUT2D eigenvalue weighted by atomic mass is 16.6. The maximum absolute atomic E-state index is 12.1. The Morgan fingerprint density at radius 2 is 2.29 bits per heavy atom. The summed E-state index contributed by atoms with van der Waals surface area (Å²) < 4.78 is 5.33. The van der Waals surface area contributed by atoms with Crippen LogP contribution in [0.4, 0.5) is 0 Å². The van der Waals surface area contributed by atoms with Gasteiger partial charge in [0.15, 0.2) is 0 Å². The molecule has 0 unspecified atom stereocenters. The van der Waals surface area contributed by atoms with Crippen molar-refractivity contribution in [2.75, 3.05) is 6.54 Å². The van der Waals surface area contributed by atoms with E-state index >= 15 is 0 Å². The Balaban J connectivity index is 1.68. The van der Waals surface area contributed by atoms with Crippen LogP contribution in [0.5, 0.6) is 0 Å². The summed E-state index contributed by atoms with van der Waals surface area (Å²) in [6.07, 6.45) is 4.11. The average Bonchev–Trinajstić information content (AvgIpc) is 2.89. The number of carbonyl (C=O) groups is 2. The summed E-state index contributed by atoms with van der Waals surface area (Å²) in [5, 5.41) is 2.97. The Labute approximate surface area is 101 Å². The minimum atomic E-state index is -0.139. The fraction of sp³-hybridized carbons (Fsp3) is 0.846. The van der Waals surface area contributed by atoms with Crippen molar-refractivity contribution in [3.63, 3.8) is 0 Å². The van der Waals surface area contributed by atoms with Crippen LogP contribution in [0.3, 0.4) is 0 Å². The van der Waals surface area contributed by atoms with E-state index in [1.165, 1.54) is 0 Å². The van der Waals surface area contributed by atoms with E-state index in [9.17, 15) is 9.59 Å². The lowest BCUT2D eigenvalue weighted by atomic mass is 9.79. The van der Waals surface area contributed by atoms with Crippen molar-refractivity contribution in [1.29, 1.82) is 0 Å². The highest BCUT2D eigenvalue weighted by molar-refractivity contribution is 5.88. The van der Waals surface area contributed by atoms with E-state index in [0.29, 0.717) is 11.8 Å². The Morgan fingerprint density at radius 3 is 3.06 bits per heavy atom. The van der Waals surface area contributed by atoms with E-state index in [0.717, 1.165) is 32.2 Å². The molecular formula is C13H19NO3. The van der Waals surface area contributed by atoms with E-state index in [-0.39, 0.29) is 29.8 Å².